The SMILES string of the molecule is CC(C)c1ccc2c(c1)[C@@H]1Cc3ccccc3[C@@H]1N2C. The highest BCUT2D eigenvalue weighted by atomic mass is 15.2. The number of nitrogens with zero attached hydrogens (tertiary/aromatic N) is 1. The third-order valence-corrected chi connectivity index (χ3v) is 5.11. The largest absolute Gasteiger partial charge is 0.367 e. The Kier molecular flexibility index (Phi) is 2.47. The number of hydrogen-bond donors (Lipinski definition) is 0. The fourth-order valence-corrected chi connectivity index (χ4v) is 4.03. The van der Waals surface area contributed by atoms with Crippen molar-refractivity contribution in [1.29, 1.82) is 0 Å². The van der Waals surface area contributed by atoms with Crippen molar-refractivity contribution in [3.05, 3.63) is 64.7 Å². The minimum absolute atomic E-state index is 0.545. The first-order valence-corrected chi connectivity index (χ1v) is 7.61. The van der Waals surface area contributed by atoms with Crippen LogP contribution in [0.2, 0.25) is 0 Å². The van der Waals surface area contributed by atoms with E-state index in [-0.39, 0.29) is 0 Å². The van der Waals surface area contributed by atoms with Crippen molar-refractivity contribution in [1.82, 2.24) is 0 Å². The number of likely N-dealkylation sites (N-methyl/N-ethyl adjacent to an activating group) is 1. The molecule has 0 fully saturated rings. The van der Waals surface area contributed by atoms with Crippen LogP contribution in [0.4, 0.5) is 5.69 Å². The number of anilines is 1. The van der Waals surface area contributed by atoms with Gasteiger partial charge in [-0.2, -0.15) is 0 Å². The molecule has 1 aliphatic carbocycles. The van der Waals surface area contributed by atoms with Crippen molar-refractivity contribution in [3.63, 3.8) is 0 Å². The lowest BCUT2D eigenvalue weighted by atomic mass is 9.92. The maximum atomic E-state index is 2.48. The summed E-state index contributed by atoms with van der Waals surface area (Å²) < 4.78 is 0. The molecular formula is C19H21N. The normalized spacial score (nSPS) is 22.9. The molecule has 0 aromatic heterocycles. The van der Waals surface area contributed by atoms with Gasteiger partial charge in [0.15, 0.2) is 0 Å². The Morgan fingerprint density at radius 1 is 1.05 bits per heavy atom. The average molecular weight is 263 g/mol. The highest BCUT2D eigenvalue weighted by Crippen LogP contribution is 2.54. The molecule has 0 saturated carbocycles. The van der Waals surface area contributed by atoms with Gasteiger partial charge in [-0.1, -0.05) is 50.2 Å². The van der Waals surface area contributed by atoms with Gasteiger partial charge in [0.2, 0.25) is 0 Å². The zero-order valence-corrected chi connectivity index (χ0v) is 12.4. The molecule has 0 unspecified atom stereocenters. The Labute approximate surface area is 121 Å². The molecule has 0 spiro atoms. The predicted molar refractivity (Wildman–Crippen MR) is 84.6 cm³/mol. The lowest BCUT2D eigenvalue weighted by molar-refractivity contribution is 0.617. The Hall–Kier alpha value is -1.76. The molecule has 0 saturated heterocycles. The Bertz CT molecular complexity index is 671. The van der Waals surface area contributed by atoms with Crippen LogP contribution in [0, 0.1) is 0 Å². The molecule has 102 valence electrons. The standard InChI is InChI=1S/C19H21N/c1-12(2)13-8-9-18-16(10-13)17-11-14-6-4-5-7-15(14)19(17)20(18)3/h4-10,12,17,19H,11H2,1-3H3/t17-,19-/m0/s1. The van der Waals surface area contributed by atoms with Crippen LogP contribution in [0.3, 0.4) is 0 Å². The molecule has 0 N–H and O–H groups in total. The molecule has 1 nitrogen and oxygen atoms in total. The van der Waals surface area contributed by atoms with Gasteiger partial charge in [0.05, 0.1) is 6.04 Å². The molecule has 1 aliphatic heterocycles. The van der Waals surface area contributed by atoms with Gasteiger partial charge in [-0.25, -0.2) is 0 Å². The minimum atomic E-state index is 0.545. The lowest BCUT2D eigenvalue weighted by Crippen LogP contribution is -2.19. The molecule has 0 radical (unpaired) electrons. The lowest BCUT2D eigenvalue weighted by Gasteiger charge is -2.23. The summed E-state index contributed by atoms with van der Waals surface area (Å²) in [7, 11) is 2.25. The fourth-order valence-electron chi connectivity index (χ4n) is 4.03. The van der Waals surface area contributed by atoms with Crippen LogP contribution in [0.5, 0.6) is 0 Å². The van der Waals surface area contributed by atoms with E-state index < -0.39 is 0 Å². The summed E-state index contributed by atoms with van der Waals surface area (Å²) in [5.74, 6) is 1.25. The Morgan fingerprint density at radius 3 is 2.65 bits per heavy atom. The summed E-state index contributed by atoms with van der Waals surface area (Å²) in [4.78, 5) is 2.48. The van der Waals surface area contributed by atoms with Crippen molar-refractivity contribution in [2.75, 3.05) is 11.9 Å². The average Bonchev–Trinajstić information content (AvgIpc) is 2.96. The van der Waals surface area contributed by atoms with Crippen LogP contribution < -0.4 is 4.90 Å². The van der Waals surface area contributed by atoms with Crippen LogP contribution in [0.25, 0.3) is 0 Å². The molecule has 0 amide bonds. The maximum absolute atomic E-state index is 2.48. The van der Waals surface area contributed by atoms with E-state index in [0.29, 0.717) is 17.9 Å². The molecule has 1 heteroatoms. The first-order valence-electron chi connectivity index (χ1n) is 7.61. The van der Waals surface area contributed by atoms with Crippen molar-refractivity contribution < 1.29 is 0 Å². The summed E-state index contributed by atoms with van der Waals surface area (Å²) in [6.07, 6.45) is 1.19. The first-order chi connectivity index (χ1) is 9.66. The van der Waals surface area contributed by atoms with E-state index in [4.69, 9.17) is 0 Å². The van der Waals surface area contributed by atoms with Crippen molar-refractivity contribution in [3.8, 4) is 0 Å². The van der Waals surface area contributed by atoms with Gasteiger partial charge >= 0.3 is 0 Å². The summed E-state index contributed by atoms with van der Waals surface area (Å²) >= 11 is 0. The molecule has 20 heavy (non-hydrogen) atoms. The van der Waals surface area contributed by atoms with Crippen LogP contribution in [0.15, 0.2) is 42.5 Å². The second-order valence-corrected chi connectivity index (χ2v) is 6.54. The first kappa shape index (κ1) is 12.0. The van der Waals surface area contributed by atoms with E-state index in [0.717, 1.165) is 0 Å². The Morgan fingerprint density at radius 2 is 1.85 bits per heavy atom. The Balaban J connectivity index is 1.84. The number of hydrogen-bond acceptors (Lipinski definition) is 1. The predicted octanol–water partition coefficient (Wildman–Crippen LogP) is 4.64. The summed E-state index contributed by atoms with van der Waals surface area (Å²) in [5, 5.41) is 0. The van der Waals surface area contributed by atoms with Crippen molar-refractivity contribution in [2.45, 2.75) is 38.1 Å². The van der Waals surface area contributed by atoms with E-state index >= 15 is 0 Å². The molecule has 2 aromatic carbocycles. The molecule has 0 bridgehead atoms. The highest BCUT2D eigenvalue weighted by molar-refractivity contribution is 5.66. The summed E-state index contributed by atoms with van der Waals surface area (Å²) in [5.41, 5.74) is 7.52. The smallest absolute Gasteiger partial charge is 0.0614 e. The molecule has 4 rings (SSSR count). The quantitative estimate of drug-likeness (QED) is 0.724. The van der Waals surface area contributed by atoms with Gasteiger partial charge in [-0.05, 0) is 40.7 Å². The molecule has 2 atom stereocenters. The monoisotopic (exact) mass is 263 g/mol. The van der Waals surface area contributed by atoms with Crippen LogP contribution >= 0.6 is 0 Å². The van der Waals surface area contributed by atoms with E-state index in [1.807, 2.05) is 0 Å². The van der Waals surface area contributed by atoms with Gasteiger partial charge in [0.1, 0.15) is 0 Å². The second-order valence-electron chi connectivity index (χ2n) is 6.54. The third-order valence-electron chi connectivity index (χ3n) is 5.11. The highest BCUT2D eigenvalue weighted by Gasteiger charge is 2.42. The van der Waals surface area contributed by atoms with E-state index in [9.17, 15) is 0 Å². The number of rotatable bonds is 1. The van der Waals surface area contributed by atoms with Crippen molar-refractivity contribution >= 4 is 5.69 Å². The van der Waals surface area contributed by atoms with Gasteiger partial charge in [-0.15, -0.1) is 0 Å². The molecule has 2 aliphatic rings. The molecular weight excluding hydrogens is 242 g/mol. The topological polar surface area (TPSA) is 3.24 Å². The van der Waals surface area contributed by atoms with E-state index in [1.165, 1.54) is 28.8 Å². The number of fused-ring (bicyclic) bond motifs is 5. The van der Waals surface area contributed by atoms with Gasteiger partial charge in [0, 0.05) is 18.7 Å². The van der Waals surface area contributed by atoms with E-state index in [1.54, 1.807) is 5.56 Å². The second kappa shape index (κ2) is 4.12. The van der Waals surface area contributed by atoms with E-state index in [2.05, 4.69) is 68.3 Å². The van der Waals surface area contributed by atoms with Gasteiger partial charge in [-0.3, -0.25) is 0 Å². The van der Waals surface area contributed by atoms with Gasteiger partial charge < -0.3 is 4.90 Å². The van der Waals surface area contributed by atoms with Crippen LogP contribution in [-0.2, 0) is 6.42 Å². The summed E-state index contributed by atoms with van der Waals surface area (Å²) in [6, 6.07) is 16.6. The zero-order valence-electron chi connectivity index (χ0n) is 12.4. The van der Waals surface area contributed by atoms with Crippen LogP contribution in [-0.4, -0.2) is 7.05 Å². The molecule has 1 heterocycles. The number of benzene rings is 2. The fraction of sp³-hybridized carbons (Fsp3) is 0.368. The van der Waals surface area contributed by atoms with Gasteiger partial charge in [0.25, 0.3) is 0 Å². The van der Waals surface area contributed by atoms with Crippen molar-refractivity contribution in [2.24, 2.45) is 0 Å². The summed E-state index contributed by atoms with van der Waals surface area (Å²) in [6.45, 7) is 4.56. The third kappa shape index (κ3) is 1.49. The molecule has 2 aromatic rings. The van der Waals surface area contributed by atoms with Crippen LogP contribution in [0.1, 0.15) is 54.0 Å². The minimum Gasteiger partial charge on any atom is -0.367 e. The zero-order chi connectivity index (χ0) is 13.9. The maximum Gasteiger partial charge on any atom is 0.0614 e.